The van der Waals surface area contributed by atoms with Crippen LogP contribution in [0.1, 0.15) is 46.0 Å². The highest BCUT2D eigenvalue weighted by Gasteiger charge is 2.54. The molecule has 3 atom stereocenters. The van der Waals surface area contributed by atoms with Crippen molar-refractivity contribution < 1.29 is 9.59 Å². The van der Waals surface area contributed by atoms with Crippen molar-refractivity contribution in [1.82, 2.24) is 10.2 Å². The summed E-state index contributed by atoms with van der Waals surface area (Å²) in [6, 6.07) is 0.0859. The molecule has 20 heavy (non-hydrogen) atoms. The van der Waals surface area contributed by atoms with Crippen molar-refractivity contribution in [2.24, 2.45) is 23.7 Å². The van der Waals surface area contributed by atoms with Crippen molar-refractivity contribution in [3.8, 4) is 0 Å². The molecule has 3 unspecified atom stereocenters. The van der Waals surface area contributed by atoms with E-state index in [4.69, 9.17) is 0 Å². The van der Waals surface area contributed by atoms with Gasteiger partial charge in [0.1, 0.15) is 0 Å². The molecule has 0 spiro atoms. The molecule has 1 saturated carbocycles. The van der Waals surface area contributed by atoms with Crippen LogP contribution in [0.25, 0.3) is 0 Å². The van der Waals surface area contributed by atoms with Gasteiger partial charge in [0.2, 0.25) is 11.8 Å². The van der Waals surface area contributed by atoms with Gasteiger partial charge in [-0.25, -0.2) is 0 Å². The highest BCUT2D eigenvalue weighted by Crippen LogP contribution is 2.45. The fraction of sp³-hybridized carbons (Fsp3) is 0.875. The van der Waals surface area contributed by atoms with Crippen molar-refractivity contribution in [3.05, 3.63) is 0 Å². The molecule has 2 saturated heterocycles. The zero-order chi connectivity index (χ0) is 14.3. The largest absolute Gasteiger partial charge is 0.317 e. The van der Waals surface area contributed by atoms with Crippen molar-refractivity contribution in [3.63, 3.8) is 0 Å². The van der Waals surface area contributed by atoms with Gasteiger partial charge in [0.15, 0.2) is 0 Å². The fourth-order valence-electron chi connectivity index (χ4n) is 4.43. The molecule has 4 heteroatoms. The predicted octanol–water partition coefficient (Wildman–Crippen LogP) is 1.80. The van der Waals surface area contributed by atoms with Crippen LogP contribution in [-0.4, -0.2) is 35.8 Å². The second-order valence-corrected chi connectivity index (χ2v) is 6.83. The van der Waals surface area contributed by atoms with Gasteiger partial charge in [-0.3, -0.25) is 14.5 Å². The third-order valence-electron chi connectivity index (χ3n) is 5.82. The Morgan fingerprint density at radius 3 is 2.20 bits per heavy atom. The van der Waals surface area contributed by atoms with Crippen molar-refractivity contribution in [1.29, 1.82) is 0 Å². The monoisotopic (exact) mass is 278 g/mol. The number of carbonyl (C=O) groups is 2. The molecule has 1 aliphatic carbocycles. The summed E-state index contributed by atoms with van der Waals surface area (Å²) < 4.78 is 0. The summed E-state index contributed by atoms with van der Waals surface area (Å²) in [5.74, 6) is 1.30. The summed E-state index contributed by atoms with van der Waals surface area (Å²) in [5, 5.41) is 3.35. The Morgan fingerprint density at radius 1 is 1.15 bits per heavy atom. The molecule has 3 rings (SSSR count). The highest BCUT2D eigenvalue weighted by molar-refractivity contribution is 6.05. The van der Waals surface area contributed by atoms with Gasteiger partial charge in [0.25, 0.3) is 0 Å². The molecule has 2 heterocycles. The van der Waals surface area contributed by atoms with E-state index in [9.17, 15) is 9.59 Å². The van der Waals surface area contributed by atoms with E-state index in [1.165, 1.54) is 0 Å². The molecule has 1 N–H and O–H groups in total. The maximum atomic E-state index is 12.6. The predicted molar refractivity (Wildman–Crippen MR) is 76.9 cm³/mol. The number of hydrogen-bond acceptors (Lipinski definition) is 3. The molecule has 0 aromatic heterocycles. The maximum absolute atomic E-state index is 12.6. The van der Waals surface area contributed by atoms with E-state index in [1.54, 1.807) is 4.90 Å². The van der Waals surface area contributed by atoms with E-state index >= 15 is 0 Å². The fourth-order valence-corrected chi connectivity index (χ4v) is 4.43. The minimum absolute atomic E-state index is 0.00313. The Labute approximate surface area is 121 Å². The number of imide groups is 1. The van der Waals surface area contributed by atoms with Gasteiger partial charge < -0.3 is 5.32 Å². The summed E-state index contributed by atoms with van der Waals surface area (Å²) in [7, 11) is 0. The molecule has 4 nitrogen and oxygen atoms in total. The lowest BCUT2D eigenvalue weighted by Gasteiger charge is -2.34. The Kier molecular flexibility index (Phi) is 3.85. The van der Waals surface area contributed by atoms with Gasteiger partial charge in [-0.05, 0) is 57.5 Å². The van der Waals surface area contributed by atoms with E-state index in [0.717, 1.165) is 45.2 Å². The van der Waals surface area contributed by atoms with Gasteiger partial charge in [-0.2, -0.15) is 0 Å². The van der Waals surface area contributed by atoms with Crippen LogP contribution in [-0.2, 0) is 9.59 Å². The van der Waals surface area contributed by atoms with Crippen LogP contribution in [0.15, 0.2) is 0 Å². The SMILES string of the molecule is CCC1CC2C(=O)N(C(C)C3CCNCC3)C(=O)C2C1. The first-order valence-corrected chi connectivity index (χ1v) is 8.21. The van der Waals surface area contributed by atoms with Crippen LogP contribution in [0.3, 0.4) is 0 Å². The quantitative estimate of drug-likeness (QED) is 0.801. The van der Waals surface area contributed by atoms with Gasteiger partial charge >= 0.3 is 0 Å². The minimum Gasteiger partial charge on any atom is -0.317 e. The van der Waals surface area contributed by atoms with E-state index in [-0.39, 0.29) is 29.7 Å². The Bertz CT molecular complexity index is 379. The zero-order valence-corrected chi connectivity index (χ0v) is 12.6. The number of carbonyl (C=O) groups excluding carboxylic acids is 2. The number of amides is 2. The van der Waals surface area contributed by atoms with Crippen LogP contribution >= 0.6 is 0 Å². The zero-order valence-electron chi connectivity index (χ0n) is 12.6. The number of nitrogens with one attached hydrogen (secondary N) is 1. The lowest BCUT2D eigenvalue weighted by atomic mass is 9.90. The molecular weight excluding hydrogens is 252 g/mol. The summed E-state index contributed by atoms with van der Waals surface area (Å²) in [6.07, 6.45) is 5.11. The first-order chi connectivity index (χ1) is 9.63. The Morgan fingerprint density at radius 2 is 1.70 bits per heavy atom. The molecule has 0 radical (unpaired) electrons. The molecule has 3 fully saturated rings. The summed E-state index contributed by atoms with van der Waals surface area (Å²) in [5.41, 5.74) is 0. The van der Waals surface area contributed by atoms with E-state index < -0.39 is 0 Å². The van der Waals surface area contributed by atoms with Gasteiger partial charge in [0.05, 0.1) is 11.8 Å². The molecule has 2 aliphatic heterocycles. The maximum Gasteiger partial charge on any atom is 0.233 e. The summed E-state index contributed by atoms with van der Waals surface area (Å²) in [6.45, 7) is 6.26. The third kappa shape index (κ3) is 2.18. The molecule has 3 aliphatic rings. The van der Waals surface area contributed by atoms with Crippen LogP contribution in [0.4, 0.5) is 0 Å². The number of nitrogens with zero attached hydrogens (tertiary/aromatic N) is 1. The average Bonchev–Trinajstić information content (AvgIpc) is 3.00. The number of piperidine rings is 1. The van der Waals surface area contributed by atoms with Crippen molar-refractivity contribution in [2.75, 3.05) is 13.1 Å². The molecule has 0 aromatic carbocycles. The van der Waals surface area contributed by atoms with E-state index in [0.29, 0.717) is 11.8 Å². The van der Waals surface area contributed by atoms with Crippen molar-refractivity contribution in [2.45, 2.75) is 52.0 Å². The lowest BCUT2D eigenvalue weighted by Crippen LogP contribution is -2.46. The molecule has 0 bridgehead atoms. The minimum atomic E-state index is -0.00313. The second-order valence-electron chi connectivity index (χ2n) is 6.83. The van der Waals surface area contributed by atoms with Crippen LogP contribution in [0, 0.1) is 23.7 Å². The number of fused-ring (bicyclic) bond motifs is 1. The normalized spacial score (nSPS) is 36.5. The van der Waals surface area contributed by atoms with Gasteiger partial charge in [-0.15, -0.1) is 0 Å². The second kappa shape index (κ2) is 5.47. The van der Waals surface area contributed by atoms with Gasteiger partial charge in [-0.1, -0.05) is 13.3 Å². The molecular formula is C16H26N2O2. The number of likely N-dealkylation sites (tertiary alicyclic amines) is 1. The van der Waals surface area contributed by atoms with E-state index in [1.807, 2.05) is 0 Å². The number of hydrogen-bond donors (Lipinski definition) is 1. The van der Waals surface area contributed by atoms with Crippen LogP contribution < -0.4 is 5.32 Å². The van der Waals surface area contributed by atoms with Crippen LogP contribution in [0.5, 0.6) is 0 Å². The Hall–Kier alpha value is -0.900. The summed E-state index contributed by atoms with van der Waals surface area (Å²) >= 11 is 0. The van der Waals surface area contributed by atoms with Crippen molar-refractivity contribution >= 4 is 11.8 Å². The van der Waals surface area contributed by atoms with Gasteiger partial charge in [0, 0.05) is 6.04 Å². The summed E-state index contributed by atoms with van der Waals surface area (Å²) in [4.78, 5) is 26.9. The molecule has 112 valence electrons. The smallest absolute Gasteiger partial charge is 0.233 e. The highest BCUT2D eigenvalue weighted by atomic mass is 16.2. The van der Waals surface area contributed by atoms with E-state index in [2.05, 4.69) is 19.2 Å². The molecule has 2 amide bonds. The standard InChI is InChI=1S/C16H26N2O2/c1-3-11-8-13-14(9-11)16(20)18(15(13)19)10(2)12-4-6-17-7-5-12/h10-14,17H,3-9H2,1-2H3. The first-order valence-electron chi connectivity index (χ1n) is 8.21. The number of rotatable bonds is 3. The third-order valence-corrected chi connectivity index (χ3v) is 5.82. The van der Waals surface area contributed by atoms with Crippen LogP contribution in [0.2, 0.25) is 0 Å². The first kappa shape index (κ1) is 14.1. The topological polar surface area (TPSA) is 49.4 Å². The average molecular weight is 278 g/mol. The lowest BCUT2D eigenvalue weighted by molar-refractivity contribution is -0.144. The Balaban J connectivity index is 1.72. The molecule has 0 aromatic rings.